The average molecular weight is 317 g/mol. The van der Waals surface area contributed by atoms with Gasteiger partial charge in [0, 0.05) is 23.1 Å². The number of carbonyl (C=O) groups is 1. The molecule has 0 spiro atoms. The first-order valence-electron chi connectivity index (χ1n) is 6.94. The fourth-order valence-corrected chi connectivity index (χ4v) is 2.02. The molecule has 114 valence electrons. The van der Waals surface area contributed by atoms with Gasteiger partial charge in [-0.05, 0) is 42.3 Å². The van der Waals surface area contributed by atoms with Crippen LogP contribution in [0.3, 0.4) is 0 Å². The van der Waals surface area contributed by atoms with E-state index in [0.29, 0.717) is 11.4 Å². The van der Waals surface area contributed by atoms with Crippen molar-refractivity contribution in [2.45, 2.75) is 19.4 Å². The second-order valence-electron chi connectivity index (χ2n) is 4.63. The van der Waals surface area contributed by atoms with Crippen LogP contribution in [0.5, 0.6) is 0 Å². The molecule has 5 nitrogen and oxygen atoms in total. The van der Waals surface area contributed by atoms with E-state index in [-0.39, 0.29) is 11.9 Å². The van der Waals surface area contributed by atoms with Crippen LogP contribution in [0.25, 0.3) is 0 Å². The number of anilines is 1. The largest absolute Gasteiger partial charge is 0.374 e. The Morgan fingerprint density at radius 2 is 2.14 bits per heavy atom. The molecule has 0 fully saturated rings. The zero-order chi connectivity index (χ0) is 15.8. The van der Waals surface area contributed by atoms with Gasteiger partial charge in [0.1, 0.15) is 6.04 Å². The molecule has 1 aromatic heterocycles. The number of aromatic nitrogens is 1. The van der Waals surface area contributed by atoms with Crippen molar-refractivity contribution in [1.82, 2.24) is 10.4 Å². The summed E-state index contributed by atoms with van der Waals surface area (Å²) in [5.41, 5.74) is 4.20. The molecule has 6 heteroatoms. The van der Waals surface area contributed by atoms with E-state index in [4.69, 9.17) is 11.6 Å². The number of pyridine rings is 1. The number of benzene rings is 1. The highest BCUT2D eigenvalue weighted by Gasteiger charge is 2.15. The minimum absolute atomic E-state index is 0.201. The Bertz CT molecular complexity index is 646. The van der Waals surface area contributed by atoms with Crippen molar-refractivity contribution in [3.8, 4) is 0 Å². The van der Waals surface area contributed by atoms with Crippen LogP contribution in [0.2, 0.25) is 5.02 Å². The lowest BCUT2D eigenvalue weighted by Crippen LogP contribution is -2.36. The van der Waals surface area contributed by atoms with Gasteiger partial charge in [-0.2, -0.15) is 5.10 Å². The Kier molecular flexibility index (Phi) is 5.91. The third-order valence-electron chi connectivity index (χ3n) is 2.98. The van der Waals surface area contributed by atoms with Crippen molar-refractivity contribution < 1.29 is 4.79 Å². The van der Waals surface area contributed by atoms with Crippen molar-refractivity contribution in [3.63, 3.8) is 0 Å². The molecular formula is C16H17ClN4O. The number of nitrogens with one attached hydrogen (secondary N) is 2. The van der Waals surface area contributed by atoms with Crippen LogP contribution in [-0.2, 0) is 4.79 Å². The van der Waals surface area contributed by atoms with Crippen molar-refractivity contribution in [2.75, 3.05) is 5.32 Å². The topological polar surface area (TPSA) is 66.4 Å². The van der Waals surface area contributed by atoms with Gasteiger partial charge in [0.05, 0.1) is 6.21 Å². The summed E-state index contributed by atoms with van der Waals surface area (Å²) in [5, 5.41) is 7.71. The predicted octanol–water partition coefficient (Wildman–Crippen LogP) is 3.08. The van der Waals surface area contributed by atoms with Crippen molar-refractivity contribution >= 4 is 29.4 Å². The number of amides is 1. The van der Waals surface area contributed by atoms with Crippen molar-refractivity contribution in [2.24, 2.45) is 5.10 Å². The second kappa shape index (κ2) is 8.14. The van der Waals surface area contributed by atoms with Gasteiger partial charge in [-0.1, -0.05) is 24.6 Å². The molecule has 1 amide bonds. The van der Waals surface area contributed by atoms with Crippen LogP contribution in [-0.4, -0.2) is 23.1 Å². The molecule has 0 bridgehead atoms. The smallest absolute Gasteiger partial charge is 0.262 e. The van der Waals surface area contributed by atoms with Gasteiger partial charge in [0.15, 0.2) is 0 Å². The van der Waals surface area contributed by atoms with E-state index in [1.54, 1.807) is 42.9 Å². The maximum atomic E-state index is 12.1. The van der Waals surface area contributed by atoms with E-state index in [1.807, 2.05) is 19.1 Å². The van der Waals surface area contributed by atoms with E-state index in [1.165, 1.54) is 0 Å². The molecule has 2 aromatic rings. The molecule has 0 aliphatic carbocycles. The maximum Gasteiger partial charge on any atom is 0.262 e. The van der Waals surface area contributed by atoms with Crippen LogP contribution >= 0.6 is 11.6 Å². The van der Waals surface area contributed by atoms with E-state index >= 15 is 0 Å². The van der Waals surface area contributed by atoms with Gasteiger partial charge in [-0.15, -0.1) is 0 Å². The summed E-state index contributed by atoms with van der Waals surface area (Å²) in [7, 11) is 0. The standard InChI is InChI=1S/C16H17ClN4O/c1-2-15(20-14-5-3-4-13(17)10-14)16(22)21-19-11-12-6-8-18-9-7-12/h3-11,15,20H,2H2,1H3,(H,21,22). The van der Waals surface area contributed by atoms with Gasteiger partial charge in [-0.3, -0.25) is 9.78 Å². The first-order chi connectivity index (χ1) is 10.7. The van der Waals surface area contributed by atoms with E-state index < -0.39 is 0 Å². The SMILES string of the molecule is CCC(Nc1cccc(Cl)c1)C(=O)NN=Cc1ccncc1. The molecule has 0 radical (unpaired) electrons. The molecule has 2 N–H and O–H groups in total. The molecule has 1 unspecified atom stereocenters. The fourth-order valence-electron chi connectivity index (χ4n) is 1.83. The summed E-state index contributed by atoms with van der Waals surface area (Å²) in [4.78, 5) is 16.0. The summed E-state index contributed by atoms with van der Waals surface area (Å²) >= 11 is 5.93. The molecule has 1 aromatic carbocycles. The minimum Gasteiger partial charge on any atom is -0.374 e. The summed E-state index contributed by atoms with van der Waals surface area (Å²) in [5.74, 6) is -0.201. The number of carbonyl (C=O) groups excluding carboxylic acids is 1. The highest BCUT2D eigenvalue weighted by molar-refractivity contribution is 6.30. The second-order valence-corrected chi connectivity index (χ2v) is 5.07. The molecule has 2 rings (SSSR count). The van der Waals surface area contributed by atoms with Crippen LogP contribution < -0.4 is 10.7 Å². The lowest BCUT2D eigenvalue weighted by molar-refractivity contribution is -0.121. The Hall–Kier alpha value is -2.40. The molecule has 22 heavy (non-hydrogen) atoms. The first-order valence-corrected chi connectivity index (χ1v) is 7.32. The number of nitrogens with zero attached hydrogens (tertiary/aromatic N) is 2. The molecule has 0 aliphatic heterocycles. The summed E-state index contributed by atoms with van der Waals surface area (Å²) in [6.45, 7) is 1.92. The highest BCUT2D eigenvalue weighted by Crippen LogP contribution is 2.16. The number of hydrazone groups is 1. The molecule has 0 aliphatic rings. The fraction of sp³-hybridized carbons (Fsp3) is 0.188. The van der Waals surface area contributed by atoms with Crippen LogP contribution in [0.1, 0.15) is 18.9 Å². The third-order valence-corrected chi connectivity index (χ3v) is 3.22. The van der Waals surface area contributed by atoms with Crippen LogP contribution in [0.15, 0.2) is 53.9 Å². The lowest BCUT2D eigenvalue weighted by Gasteiger charge is -2.16. The van der Waals surface area contributed by atoms with Crippen LogP contribution in [0.4, 0.5) is 5.69 Å². The molecule has 0 saturated carbocycles. The third kappa shape index (κ3) is 4.86. The lowest BCUT2D eigenvalue weighted by atomic mass is 10.2. The molecule has 1 heterocycles. The Morgan fingerprint density at radius 1 is 1.36 bits per heavy atom. The summed E-state index contributed by atoms with van der Waals surface area (Å²) < 4.78 is 0. The summed E-state index contributed by atoms with van der Waals surface area (Å²) in [6.07, 6.45) is 5.53. The van der Waals surface area contributed by atoms with Gasteiger partial charge in [0.2, 0.25) is 0 Å². The number of rotatable bonds is 6. The molecule has 1 atom stereocenters. The predicted molar refractivity (Wildman–Crippen MR) is 89.1 cm³/mol. The normalized spacial score (nSPS) is 12.1. The monoisotopic (exact) mass is 316 g/mol. The van der Waals surface area contributed by atoms with E-state index in [9.17, 15) is 4.79 Å². The summed E-state index contributed by atoms with van der Waals surface area (Å²) in [6, 6.07) is 10.5. The van der Waals surface area contributed by atoms with Crippen molar-refractivity contribution in [1.29, 1.82) is 0 Å². The number of hydrogen-bond donors (Lipinski definition) is 2. The van der Waals surface area contributed by atoms with E-state index in [0.717, 1.165) is 11.3 Å². The van der Waals surface area contributed by atoms with Gasteiger partial charge >= 0.3 is 0 Å². The molecular weight excluding hydrogens is 300 g/mol. The average Bonchev–Trinajstić information content (AvgIpc) is 2.53. The van der Waals surface area contributed by atoms with Gasteiger partial charge < -0.3 is 5.32 Å². The van der Waals surface area contributed by atoms with Crippen molar-refractivity contribution in [3.05, 3.63) is 59.4 Å². The quantitative estimate of drug-likeness (QED) is 0.636. The maximum absolute atomic E-state index is 12.1. The van der Waals surface area contributed by atoms with E-state index in [2.05, 4.69) is 20.8 Å². The Morgan fingerprint density at radius 3 is 2.82 bits per heavy atom. The highest BCUT2D eigenvalue weighted by atomic mass is 35.5. The molecule has 0 saturated heterocycles. The minimum atomic E-state index is -0.381. The number of hydrogen-bond acceptors (Lipinski definition) is 4. The van der Waals surface area contributed by atoms with Gasteiger partial charge in [0.25, 0.3) is 5.91 Å². The Balaban J connectivity index is 1.93. The number of halogens is 1. The zero-order valence-corrected chi connectivity index (χ0v) is 12.9. The van der Waals surface area contributed by atoms with Crippen LogP contribution in [0, 0.1) is 0 Å². The zero-order valence-electron chi connectivity index (χ0n) is 12.2. The van der Waals surface area contributed by atoms with Gasteiger partial charge in [-0.25, -0.2) is 5.43 Å². The Labute approximate surface area is 134 Å². The first kappa shape index (κ1) is 16.0.